The zero-order valence-electron chi connectivity index (χ0n) is 17.2. The quantitative estimate of drug-likeness (QED) is 0.397. The summed E-state index contributed by atoms with van der Waals surface area (Å²) in [5.74, 6) is -0.242. The van der Waals surface area contributed by atoms with Crippen molar-refractivity contribution in [2.24, 2.45) is 0 Å². The first-order valence-corrected chi connectivity index (χ1v) is 10.1. The van der Waals surface area contributed by atoms with Crippen LogP contribution in [0.1, 0.15) is 18.2 Å². The largest absolute Gasteiger partial charge is 0.466 e. The van der Waals surface area contributed by atoms with E-state index in [0.29, 0.717) is 6.61 Å². The van der Waals surface area contributed by atoms with E-state index < -0.39 is 0 Å². The molecule has 0 bridgehead atoms. The number of carbonyl (C=O) groups is 1. The molecule has 0 aliphatic heterocycles. The lowest BCUT2D eigenvalue weighted by Crippen LogP contribution is -2.09. The van der Waals surface area contributed by atoms with E-state index >= 15 is 0 Å². The number of aromatic nitrogens is 2. The Kier molecular flexibility index (Phi) is 5.75. The SMILES string of the molecule is CCOC(=O)Cc1c(C)nn(-c2ccccc2-c2ccccc2)c1-c1ccccc1. The summed E-state index contributed by atoms with van der Waals surface area (Å²) < 4.78 is 7.18. The van der Waals surface area contributed by atoms with Crippen molar-refractivity contribution in [2.75, 3.05) is 6.61 Å². The monoisotopic (exact) mass is 396 g/mol. The van der Waals surface area contributed by atoms with Crippen molar-refractivity contribution in [3.05, 3.63) is 96.2 Å². The van der Waals surface area contributed by atoms with Gasteiger partial charge in [-0.05, 0) is 25.5 Å². The van der Waals surface area contributed by atoms with Crippen LogP contribution in [0.5, 0.6) is 0 Å². The Labute approximate surface area is 176 Å². The van der Waals surface area contributed by atoms with Gasteiger partial charge < -0.3 is 4.74 Å². The van der Waals surface area contributed by atoms with Crippen LogP contribution in [0.2, 0.25) is 0 Å². The summed E-state index contributed by atoms with van der Waals surface area (Å²) in [6.07, 6.45) is 0.192. The van der Waals surface area contributed by atoms with Gasteiger partial charge in [0.15, 0.2) is 0 Å². The van der Waals surface area contributed by atoms with Gasteiger partial charge in [-0.1, -0.05) is 78.9 Å². The molecule has 0 radical (unpaired) electrons. The summed E-state index contributed by atoms with van der Waals surface area (Å²) in [6, 6.07) is 28.6. The zero-order chi connectivity index (χ0) is 20.9. The number of carbonyl (C=O) groups excluding carboxylic acids is 1. The number of benzene rings is 3. The minimum atomic E-state index is -0.242. The standard InChI is InChI=1S/C26H24N2O2/c1-3-30-25(29)18-23-19(2)27-28(26(23)21-14-8-5-9-15-21)24-17-11-10-16-22(24)20-12-6-4-7-13-20/h4-17H,3,18H2,1-2H3. The number of esters is 1. The number of aryl methyl sites for hydroxylation is 1. The van der Waals surface area contributed by atoms with Crippen molar-refractivity contribution in [2.45, 2.75) is 20.3 Å². The fraction of sp³-hybridized carbons (Fsp3) is 0.154. The highest BCUT2D eigenvalue weighted by atomic mass is 16.5. The molecule has 1 heterocycles. The van der Waals surface area contributed by atoms with Gasteiger partial charge in [-0.3, -0.25) is 4.79 Å². The minimum absolute atomic E-state index is 0.192. The van der Waals surface area contributed by atoms with Gasteiger partial charge >= 0.3 is 5.97 Å². The summed E-state index contributed by atoms with van der Waals surface area (Å²) in [5, 5.41) is 4.87. The maximum atomic E-state index is 12.3. The van der Waals surface area contributed by atoms with Gasteiger partial charge in [0.1, 0.15) is 0 Å². The molecule has 0 amide bonds. The maximum Gasteiger partial charge on any atom is 0.310 e. The Bertz CT molecular complexity index is 1150. The molecule has 30 heavy (non-hydrogen) atoms. The molecule has 0 aliphatic rings. The molecular weight excluding hydrogens is 372 g/mol. The molecule has 0 saturated heterocycles. The molecule has 0 aliphatic carbocycles. The molecule has 0 spiro atoms. The predicted octanol–water partition coefficient (Wildman–Crippen LogP) is 5.62. The van der Waals surface area contributed by atoms with E-state index in [0.717, 1.165) is 39.3 Å². The van der Waals surface area contributed by atoms with Crippen LogP contribution in [0.15, 0.2) is 84.9 Å². The highest BCUT2D eigenvalue weighted by Gasteiger charge is 2.22. The Morgan fingerprint density at radius 1 is 0.867 bits per heavy atom. The van der Waals surface area contributed by atoms with E-state index in [4.69, 9.17) is 9.84 Å². The van der Waals surface area contributed by atoms with E-state index in [1.54, 1.807) is 0 Å². The predicted molar refractivity (Wildman–Crippen MR) is 120 cm³/mol. The number of hydrogen-bond acceptors (Lipinski definition) is 3. The van der Waals surface area contributed by atoms with Crippen LogP contribution in [-0.4, -0.2) is 22.4 Å². The maximum absolute atomic E-state index is 12.3. The number of ether oxygens (including phenoxy) is 1. The van der Waals surface area contributed by atoms with Gasteiger partial charge in [0.25, 0.3) is 0 Å². The van der Waals surface area contributed by atoms with Crippen molar-refractivity contribution in [3.63, 3.8) is 0 Å². The topological polar surface area (TPSA) is 44.1 Å². The molecule has 4 aromatic rings. The third-order valence-electron chi connectivity index (χ3n) is 5.08. The van der Waals surface area contributed by atoms with E-state index in [1.807, 2.05) is 79.2 Å². The summed E-state index contributed by atoms with van der Waals surface area (Å²) in [6.45, 7) is 4.13. The highest BCUT2D eigenvalue weighted by Crippen LogP contribution is 2.34. The van der Waals surface area contributed by atoms with Gasteiger partial charge in [0, 0.05) is 16.7 Å². The molecule has 150 valence electrons. The van der Waals surface area contributed by atoms with Crippen molar-refractivity contribution >= 4 is 5.97 Å². The Morgan fingerprint density at radius 2 is 1.47 bits per heavy atom. The third-order valence-corrected chi connectivity index (χ3v) is 5.08. The summed E-state index contributed by atoms with van der Waals surface area (Å²) >= 11 is 0. The first-order chi connectivity index (χ1) is 14.7. The molecule has 4 heteroatoms. The number of rotatable bonds is 6. The molecule has 4 rings (SSSR count). The molecule has 0 unspecified atom stereocenters. The lowest BCUT2D eigenvalue weighted by molar-refractivity contribution is -0.142. The second kappa shape index (κ2) is 8.78. The highest BCUT2D eigenvalue weighted by molar-refractivity contribution is 5.80. The van der Waals surface area contributed by atoms with E-state index in [2.05, 4.69) is 24.3 Å². The van der Waals surface area contributed by atoms with Gasteiger partial charge in [-0.2, -0.15) is 5.10 Å². The molecule has 0 fully saturated rings. The average Bonchev–Trinajstić information content (AvgIpc) is 3.11. The average molecular weight is 396 g/mol. The van der Waals surface area contributed by atoms with Gasteiger partial charge in [-0.15, -0.1) is 0 Å². The zero-order valence-corrected chi connectivity index (χ0v) is 17.2. The third kappa shape index (κ3) is 3.90. The number of nitrogens with zero attached hydrogens (tertiary/aromatic N) is 2. The Balaban J connectivity index is 1.93. The van der Waals surface area contributed by atoms with Crippen LogP contribution in [0.4, 0.5) is 0 Å². The van der Waals surface area contributed by atoms with Gasteiger partial charge in [-0.25, -0.2) is 4.68 Å². The summed E-state index contributed by atoms with van der Waals surface area (Å²) in [4.78, 5) is 12.3. The molecule has 1 aromatic heterocycles. The lowest BCUT2D eigenvalue weighted by Gasteiger charge is -2.14. The van der Waals surface area contributed by atoms with Crippen LogP contribution >= 0.6 is 0 Å². The minimum Gasteiger partial charge on any atom is -0.466 e. The van der Waals surface area contributed by atoms with Crippen LogP contribution in [0.25, 0.3) is 28.1 Å². The molecule has 0 atom stereocenters. The lowest BCUT2D eigenvalue weighted by atomic mass is 10.0. The molecule has 3 aromatic carbocycles. The fourth-order valence-electron chi connectivity index (χ4n) is 3.71. The van der Waals surface area contributed by atoms with Crippen molar-refractivity contribution in [1.82, 2.24) is 9.78 Å². The first-order valence-electron chi connectivity index (χ1n) is 10.1. The fourth-order valence-corrected chi connectivity index (χ4v) is 3.71. The normalized spacial score (nSPS) is 10.7. The first kappa shape index (κ1) is 19.6. The molecular formula is C26H24N2O2. The van der Waals surface area contributed by atoms with Gasteiger partial charge in [0.2, 0.25) is 0 Å². The summed E-state index contributed by atoms with van der Waals surface area (Å²) in [7, 11) is 0. The van der Waals surface area contributed by atoms with Crippen molar-refractivity contribution < 1.29 is 9.53 Å². The van der Waals surface area contributed by atoms with E-state index in [1.165, 1.54) is 0 Å². The summed E-state index contributed by atoms with van der Waals surface area (Å²) in [5.41, 5.74) is 6.82. The van der Waals surface area contributed by atoms with Crippen LogP contribution in [-0.2, 0) is 16.0 Å². The number of para-hydroxylation sites is 1. The van der Waals surface area contributed by atoms with Gasteiger partial charge in [0.05, 0.1) is 30.1 Å². The molecule has 4 nitrogen and oxygen atoms in total. The van der Waals surface area contributed by atoms with Crippen molar-refractivity contribution in [1.29, 1.82) is 0 Å². The molecule has 0 N–H and O–H groups in total. The van der Waals surface area contributed by atoms with Crippen LogP contribution < -0.4 is 0 Å². The second-order valence-corrected chi connectivity index (χ2v) is 7.06. The number of hydrogen-bond donors (Lipinski definition) is 0. The van der Waals surface area contributed by atoms with Crippen LogP contribution in [0.3, 0.4) is 0 Å². The molecule has 0 saturated carbocycles. The Hall–Kier alpha value is -3.66. The second-order valence-electron chi connectivity index (χ2n) is 7.06. The Morgan fingerprint density at radius 3 is 2.13 bits per heavy atom. The van der Waals surface area contributed by atoms with E-state index in [9.17, 15) is 4.79 Å². The van der Waals surface area contributed by atoms with Crippen molar-refractivity contribution in [3.8, 4) is 28.1 Å². The smallest absolute Gasteiger partial charge is 0.310 e. The van der Waals surface area contributed by atoms with E-state index in [-0.39, 0.29) is 12.4 Å². The van der Waals surface area contributed by atoms with Crippen LogP contribution in [0, 0.1) is 6.92 Å².